The van der Waals surface area contributed by atoms with Gasteiger partial charge in [0, 0.05) is 15.0 Å². The molecular formula is C29H34BrN3O2S. The van der Waals surface area contributed by atoms with Gasteiger partial charge in [-0.15, -0.1) is 11.3 Å². The first-order valence-electron chi connectivity index (χ1n) is 12.5. The lowest BCUT2D eigenvalue weighted by molar-refractivity contribution is -0.115. The molecule has 36 heavy (non-hydrogen) atoms. The summed E-state index contributed by atoms with van der Waals surface area (Å²) in [5, 5.41) is 9.95. The van der Waals surface area contributed by atoms with Gasteiger partial charge in [0.25, 0.3) is 5.91 Å². The highest BCUT2D eigenvalue weighted by Gasteiger charge is 2.34. The van der Waals surface area contributed by atoms with Crippen molar-refractivity contribution in [3.8, 4) is 0 Å². The highest BCUT2D eigenvalue weighted by Crippen LogP contribution is 2.44. The number of rotatable bonds is 8. The topological polar surface area (TPSA) is 70.2 Å². The number of hydrogen-bond acceptors (Lipinski definition) is 4. The van der Waals surface area contributed by atoms with Crippen LogP contribution in [0.25, 0.3) is 0 Å². The van der Waals surface area contributed by atoms with Gasteiger partial charge in [-0.05, 0) is 79.0 Å². The number of benzene rings is 2. The highest BCUT2D eigenvalue weighted by molar-refractivity contribution is 9.10. The average molecular weight is 569 g/mol. The zero-order chi connectivity index (χ0) is 25.7. The fraction of sp³-hybridized carbons (Fsp3) is 0.379. The van der Waals surface area contributed by atoms with E-state index in [0.29, 0.717) is 23.0 Å². The standard InChI is InChI=1S/C29H34BrN3O2S/c1-29(2,3)20-9-14-23-24(17-20)36-28(26(23)27(35)32-22-12-10-21(30)11-13-22)33-25(34)18-31-16-15-19-7-5-4-6-8-19/h4-8,10-13,20,31H,9,14-18H2,1-3H3,(H,32,35)(H,33,34)/t20-/m0/s1. The third kappa shape index (κ3) is 6.84. The Morgan fingerprint density at radius 2 is 1.75 bits per heavy atom. The van der Waals surface area contributed by atoms with E-state index < -0.39 is 0 Å². The van der Waals surface area contributed by atoms with E-state index in [1.165, 1.54) is 10.4 Å². The van der Waals surface area contributed by atoms with Crippen molar-refractivity contribution in [1.29, 1.82) is 0 Å². The summed E-state index contributed by atoms with van der Waals surface area (Å²) in [5.41, 5.74) is 3.86. The molecule has 2 aromatic carbocycles. The van der Waals surface area contributed by atoms with E-state index in [0.717, 1.165) is 41.4 Å². The van der Waals surface area contributed by atoms with Crippen LogP contribution in [0.3, 0.4) is 0 Å². The zero-order valence-electron chi connectivity index (χ0n) is 21.1. The van der Waals surface area contributed by atoms with Crippen molar-refractivity contribution >= 4 is 49.8 Å². The molecule has 190 valence electrons. The van der Waals surface area contributed by atoms with Gasteiger partial charge < -0.3 is 16.0 Å². The second-order valence-electron chi connectivity index (χ2n) is 10.4. The predicted octanol–water partition coefficient (Wildman–Crippen LogP) is 6.68. The molecule has 1 heterocycles. The summed E-state index contributed by atoms with van der Waals surface area (Å²) in [7, 11) is 0. The maximum absolute atomic E-state index is 13.4. The van der Waals surface area contributed by atoms with Crippen LogP contribution in [-0.4, -0.2) is 24.9 Å². The van der Waals surface area contributed by atoms with Gasteiger partial charge in [-0.3, -0.25) is 9.59 Å². The Labute approximate surface area is 226 Å². The van der Waals surface area contributed by atoms with Gasteiger partial charge >= 0.3 is 0 Å². The molecular weight excluding hydrogens is 534 g/mol. The minimum absolute atomic E-state index is 0.133. The van der Waals surface area contributed by atoms with Gasteiger partial charge in [0.1, 0.15) is 5.00 Å². The number of carbonyl (C=O) groups is 2. The summed E-state index contributed by atoms with van der Waals surface area (Å²) in [4.78, 5) is 27.5. The third-order valence-corrected chi connectivity index (χ3v) is 8.49. The van der Waals surface area contributed by atoms with Crippen LogP contribution in [0.5, 0.6) is 0 Å². The molecule has 0 radical (unpaired) electrons. The minimum atomic E-state index is -0.170. The Morgan fingerprint density at radius 3 is 2.44 bits per heavy atom. The van der Waals surface area contributed by atoms with E-state index in [-0.39, 0.29) is 23.8 Å². The molecule has 0 unspecified atom stereocenters. The molecule has 1 aliphatic carbocycles. The number of halogens is 1. The van der Waals surface area contributed by atoms with E-state index in [4.69, 9.17) is 0 Å². The van der Waals surface area contributed by atoms with Crippen LogP contribution >= 0.6 is 27.3 Å². The smallest absolute Gasteiger partial charge is 0.258 e. The highest BCUT2D eigenvalue weighted by atomic mass is 79.9. The van der Waals surface area contributed by atoms with Crippen LogP contribution in [0, 0.1) is 11.3 Å². The third-order valence-electron chi connectivity index (χ3n) is 6.79. The molecule has 2 amide bonds. The molecule has 0 spiro atoms. The molecule has 5 nitrogen and oxygen atoms in total. The van der Waals surface area contributed by atoms with E-state index in [1.807, 2.05) is 42.5 Å². The zero-order valence-corrected chi connectivity index (χ0v) is 23.5. The first-order chi connectivity index (χ1) is 17.2. The van der Waals surface area contributed by atoms with Gasteiger partial charge in [0.05, 0.1) is 12.1 Å². The lowest BCUT2D eigenvalue weighted by atomic mass is 9.72. The lowest BCUT2D eigenvalue weighted by Crippen LogP contribution is -2.30. The number of thiophene rings is 1. The number of fused-ring (bicyclic) bond motifs is 1. The van der Waals surface area contributed by atoms with Crippen LogP contribution in [-0.2, 0) is 24.1 Å². The Bertz CT molecular complexity index is 1200. The fourth-order valence-electron chi connectivity index (χ4n) is 4.63. The van der Waals surface area contributed by atoms with E-state index in [1.54, 1.807) is 11.3 Å². The van der Waals surface area contributed by atoms with Gasteiger partial charge in [0.15, 0.2) is 0 Å². The van der Waals surface area contributed by atoms with Crippen molar-refractivity contribution in [3.05, 3.63) is 80.6 Å². The summed E-state index contributed by atoms with van der Waals surface area (Å²) >= 11 is 4.99. The van der Waals surface area contributed by atoms with Crippen molar-refractivity contribution in [2.75, 3.05) is 23.7 Å². The van der Waals surface area contributed by atoms with E-state index in [9.17, 15) is 9.59 Å². The molecule has 0 aliphatic heterocycles. The second kappa shape index (κ2) is 11.7. The molecule has 1 atom stereocenters. The van der Waals surface area contributed by atoms with Crippen LogP contribution in [0.1, 0.15) is 53.6 Å². The summed E-state index contributed by atoms with van der Waals surface area (Å²) < 4.78 is 0.953. The average Bonchev–Trinajstić information content (AvgIpc) is 3.20. The number of nitrogens with one attached hydrogen (secondary N) is 3. The monoisotopic (exact) mass is 567 g/mol. The minimum Gasteiger partial charge on any atom is -0.322 e. The van der Waals surface area contributed by atoms with Crippen LogP contribution in [0.2, 0.25) is 0 Å². The Kier molecular flexibility index (Phi) is 8.65. The Hall–Kier alpha value is -2.48. The van der Waals surface area contributed by atoms with Gasteiger partial charge in [0.2, 0.25) is 5.91 Å². The van der Waals surface area contributed by atoms with Crippen molar-refractivity contribution < 1.29 is 9.59 Å². The first-order valence-corrected chi connectivity index (χ1v) is 14.1. The molecule has 7 heteroatoms. The molecule has 0 saturated heterocycles. The second-order valence-corrected chi connectivity index (χ2v) is 12.5. The Morgan fingerprint density at radius 1 is 1.03 bits per heavy atom. The molecule has 0 fully saturated rings. The van der Waals surface area contributed by atoms with Crippen LogP contribution in [0.4, 0.5) is 10.7 Å². The van der Waals surface area contributed by atoms with Crippen LogP contribution in [0.15, 0.2) is 59.1 Å². The number of anilines is 2. The van der Waals surface area contributed by atoms with Gasteiger partial charge in [-0.1, -0.05) is 67.0 Å². The van der Waals surface area contributed by atoms with Crippen LogP contribution < -0.4 is 16.0 Å². The maximum atomic E-state index is 13.4. The Balaban J connectivity index is 1.48. The predicted molar refractivity (Wildman–Crippen MR) is 153 cm³/mol. The van der Waals surface area contributed by atoms with Gasteiger partial charge in [-0.2, -0.15) is 0 Å². The van der Waals surface area contributed by atoms with Crippen molar-refractivity contribution in [1.82, 2.24) is 5.32 Å². The maximum Gasteiger partial charge on any atom is 0.258 e. The normalized spacial score (nSPS) is 15.3. The van der Waals surface area contributed by atoms with E-state index in [2.05, 4.69) is 64.8 Å². The van der Waals surface area contributed by atoms with Crippen molar-refractivity contribution in [2.45, 2.75) is 46.5 Å². The number of amides is 2. The van der Waals surface area contributed by atoms with Crippen molar-refractivity contribution in [3.63, 3.8) is 0 Å². The summed E-state index contributed by atoms with van der Waals surface area (Å²) in [6.07, 6.45) is 3.69. The summed E-state index contributed by atoms with van der Waals surface area (Å²) in [6, 6.07) is 17.7. The number of carbonyl (C=O) groups excluding carboxylic acids is 2. The number of hydrogen-bond donors (Lipinski definition) is 3. The molecule has 4 rings (SSSR count). The first kappa shape index (κ1) is 26.6. The summed E-state index contributed by atoms with van der Waals surface area (Å²) in [6.45, 7) is 7.75. The van der Waals surface area contributed by atoms with Gasteiger partial charge in [-0.25, -0.2) is 0 Å². The quantitative estimate of drug-likeness (QED) is 0.266. The molecule has 3 aromatic rings. The lowest BCUT2D eigenvalue weighted by Gasteiger charge is -2.33. The molecule has 0 bridgehead atoms. The molecule has 0 saturated carbocycles. The van der Waals surface area contributed by atoms with Crippen molar-refractivity contribution in [2.24, 2.45) is 11.3 Å². The molecule has 1 aromatic heterocycles. The largest absolute Gasteiger partial charge is 0.322 e. The molecule has 1 aliphatic rings. The molecule has 3 N–H and O–H groups in total. The fourth-order valence-corrected chi connectivity index (χ4v) is 6.24. The van der Waals surface area contributed by atoms with E-state index >= 15 is 0 Å². The summed E-state index contributed by atoms with van der Waals surface area (Å²) in [5.74, 6) is 0.248. The SMILES string of the molecule is CC(C)(C)[C@H]1CCc2c(sc(NC(=O)CNCCc3ccccc3)c2C(=O)Nc2ccc(Br)cc2)C1.